The predicted octanol–water partition coefficient (Wildman–Crippen LogP) is 4.00. The van der Waals surface area contributed by atoms with Crippen molar-refractivity contribution in [3.8, 4) is 0 Å². The second-order valence-electron chi connectivity index (χ2n) is 7.03. The summed E-state index contributed by atoms with van der Waals surface area (Å²) in [6.45, 7) is 11.3. The Hall–Kier alpha value is -0.320. The average molecular weight is 329 g/mol. The second-order valence-corrected chi connectivity index (χ2v) is 7.81. The first-order valence-electron chi connectivity index (χ1n) is 6.97. The number of nitrogens with one attached hydrogen (secondary N) is 2. The molecule has 3 nitrogen and oxygen atoms in total. The summed E-state index contributed by atoms with van der Waals surface area (Å²) in [6, 6.07) is 4.72. The van der Waals surface area contributed by atoms with Crippen LogP contribution in [0.15, 0.2) is 21.2 Å². The van der Waals surface area contributed by atoms with Gasteiger partial charge in [0.05, 0.1) is 6.04 Å². The molecular weight excluding hydrogens is 304 g/mol. The normalized spacial score (nSPS) is 24.3. The first kappa shape index (κ1) is 15.1. The molecule has 1 aliphatic heterocycles. The molecule has 2 rings (SSSR count). The van der Waals surface area contributed by atoms with Crippen LogP contribution in [0.4, 0.5) is 0 Å². The van der Waals surface area contributed by atoms with Gasteiger partial charge in [0.1, 0.15) is 5.76 Å². The van der Waals surface area contributed by atoms with Gasteiger partial charge in [-0.05, 0) is 75.5 Å². The molecule has 1 saturated heterocycles. The van der Waals surface area contributed by atoms with Crippen LogP contribution in [0.25, 0.3) is 0 Å². The Balaban J connectivity index is 2.02. The lowest BCUT2D eigenvalue weighted by Gasteiger charge is -2.47. The minimum absolute atomic E-state index is 0.170. The first-order chi connectivity index (χ1) is 8.67. The van der Waals surface area contributed by atoms with E-state index in [0.29, 0.717) is 6.04 Å². The zero-order valence-corrected chi connectivity index (χ0v) is 14.1. The Labute approximate surface area is 124 Å². The average Bonchev–Trinajstić information content (AvgIpc) is 2.59. The third-order valence-electron chi connectivity index (χ3n) is 3.70. The molecule has 108 valence electrons. The van der Waals surface area contributed by atoms with E-state index in [4.69, 9.17) is 4.42 Å². The van der Waals surface area contributed by atoms with Crippen molar-refractivity contribution in [2.75, 3.05) is 0 Å². The molecule has 1 aromatic heterocycles. The summed E-state index contributed by atoms with van der Waals surface area (Å²) in [5, 5.41) is 7.41. The van der Waals surface area contributed by atoms with E-state index in [1.165, 1.54) is 0 Å². The van der Waals surface area contributed by atoms with Gasteiger partial charge in [-0.3, -0.25) is 0 Å². The van der Waals surface area contributed by atoms with Crippen LogP contribution in [0.5, 0.6) is 0 Å². The van der Waals surface area contributed by atoms with E-state index in [-0.39, 0.29) is 17.1 Å². The quantitative estimate of drug-likeness (QED) is 0.880. The molecule has 0 spiro atoms. The van der Waals surface area contributed by atoms with Crippen molar-refractivity contribution in [1.82, 2.24) is 10.6 Å². The maximum absolute atomic E-state index is 5.63. The zero-order valence-electron chi connectivity index (χ0n) is 12.5. The minimum Gasteiger partial charge on any atom is -0.453 e. The van der Waals surface area contributed by atoms with Gasteiger partial charge in [-0.2, -0.15) is 0 Å². The topological polar surface area (TPSA) is 37.2 Å². The molecule has 4 heteroatoms. The summed E-state index contributed by atoms with van der Waals surface area (Å²) in [5.74, 6) is 0.987. The van der Waals surface area contributed by atoms with Gasteiger partial charge in [-0.1, -0.05) is 0 Å². The highest BCUT2D eigenvalue weighted by Gasteiger charge is 2.38. The Morgan fingerprint density at radius 3 is 2.32 bits per heavy atom. The summed E-state index contributed by atoms with van der Waals surface area (Å²) in [7, 11) is 0. The molecule has 1 aromatic rings. The van der Waals surface area contributed by atoms with Gasteiger partial charge >= 0.3 is 0 Å². The fourth-order valence-electron chi connectivity index (χ4n) is 3.44. The van der Waals surface area contributed by atoms with Gasteiger partial charge in [-0.25, -0.2) is 0 Å². The summed E-state index contributed by atoms with van der Waals surface area (Å²) in [4.78, 5) is 0. The van der Waals surface area contributed by atoms with Crippen molar-refractivity contribution in [3.05, 3.63) is 22.6 Å². The third kappa shape index (κ3) is 4.07. The fraction of sp³-hybridized carbons (Fsp3) is 0.733. The van der Waals surface area contributed by atoms with E-state index < -0.39 is 0 Å². The summed E-state index contributed by atoms with van der Waals surface area (Å²) < 4.78 is 6.42. The van der Waals surface area contributed by atoms with Crippen LogP contribution in [-0.2, 0) is 0 Å². The predicted molar refractivity (Wildman–Crippen MR) is 82.3 cm³/mol. The van der Waals surface area contributed by atoms with Gasteiger partial charge in [0.15, 0.2) is 4.67 Å². The Kier molecular flexibility index (Phi) is 4.15. The molecule has 1 aliphatic rings. The van der Waals surface area contributed by atoms with E-state index in [1.54, 1.807) is 0 Å². The molecule has 1 fully saturated rings. The summed E-state index contributed by atoms with van der Waals surface area (Å²) in [5.41, 5.74) is 0.339. The van der Waals surface area contributed by atoms with Gasteiger partial charge < -0.3 is 15.1 Å². The van der Waals surface area contributed by atoms with E-state index in [0.717, 1.165) is 23.3 Å². The third-order valence-corrected chi connectivity index (χ3v) is 4.12. The molecule has 0 radical (unpaired) electrons. The van der Waals surface area contributed by atoms with E-state index in [1.807, 2.05) is 12.1 Å². The van der Waals surface area contributed by atoms with Crippen LogP contribution in [0.2, 0.25) is 0 Å². The highest BCUT2D eigenvalue weighted by Crippen LogP contribution is 2.30. The van der Waals surface area contributed by atoms with Crippen molar-refractivity contribution < 1.29 is 4.42 Å². The number of hydrogen-bond donors (Lipinski definition) is 2. The minimum atomic E-state index is 0.170. The SMILES string of the molecule is CC(NC1CC(C)(C)NC(C)(C)C1)c1ccc(Br)o1. The molecule has 0 amide bonds. The molecule has 0 saturated carbocycles. The number of furan rings is 1. The summed E-state index contributed by atoms with van der Waals surface area (Å²) in [6.07, 6.45) is 2.26. The molecule has 19 heavy (non-hydrogen) atoms. The number of hydrogen-bond acceptors (Lipinski definition) is 3. The van der Waals surface area contributed by atoms with Crippen LogP contribution in [-0.4, -0.2) is 17.1 Å². The van der Waals surface area contributed by atoms with Gasteiger partial charge in [-0.15, -0.1) is 0 Å². The summed E-state index contributed by atoms with van der Waals surface area (Å²) >= 11 is 3.36. The molecule has 0 aromatic carbocycles. The molecule has 1 unspecified atom stereocenters. The highest BCUT2D eigenvalue weighted by molar-refractivity contribution is 9.10. The lowest BCUT2D eigenvalue weighted by molar-refractivity contribution is 0.138. The van der Waals surface area contributed by atoms with Crippen molar-refractivity contribution in [3.63, 3.8) is 0 Å². The molecule has 0 bridgehead atoms. The van der Waals surface area contributed by atoms with E-state index >= 15 is 0 Å². The second kappa shape index (κ2) is 5.23. The van der Waals surface area contributed by atoms with Gasteiger partial charge in [0.25, 0.3) is 0 Å². The van der Waals surface area contributed by atoms with Crippen molar-refractivity contribution in [1.29, 1.82) is 0 Å². The van der Waals surface area contributed by atoms with Crippen molar-refractivity contribution >= 4 is 15.9 Å². The van der Waals surface area contributed by atoms with Gasteiger partial charge in [0.2, 0.25) is 0 Å². The van der Waals surface area contributed by atoms with Crippen molar-refractivity contribution in [2.24, 2.45) is 0 Å². The van der Waals surface area contributed by atoms with Crippen LogP contribution in [0.3, 0.4) is 0 Å². The van der Waals surface area contributed by atoms with E-state index in [2.05, 4.69) is 61.2 Å². The van der Waals surface area contributed by atoms with Crippen LogP contribution in [0, 0.1) is 0 Å². The number of halogens is 1. The van der Waals surface area contributed by atoms with Crippen LogP contribution < -0.4 is 10.6 Å². The molecule has 2 N–H and O–H groups in total. The Bertz CT molecular complexity index is 423. The molecular formula is C15H25BrN2O. The van der Waals surface area contributed by atoms with Crippen LogP contribution in [0.1, 0.15) is 59.3 Å². The maximum Gasteiger partial charge on any atom is 0.169 e. The highest BCUT2D eigenvalue weighted by atomic mass is 79.9. The first-order valence-corrected chi connectivity index (χ1v) is 7.77. The lowest BCUT2D eigenvalue weighted by atomic mass is 9.79. The fourth-order valence-corrected chi connectivity index (χ4v) is 3.76. The standard InChI is InChI=1S/C15H25BrN2O/c1-10(12-6-7-13(16)19-12)17-11-8-14(2,3)18-15(4,5)9-11/h6-7,10-11,17-18H,8-9H2,1-5H3. The lowest BCUT2D eigenvalue weighted by Crippen LogP contribution is -2.61. The van der Waals surface area contributed by atoms with E-state index in [9.17, 15) is 0 Å². The number of piperidine rings is 1. The van der Waals surface area contributed by atoms with Crippen molar-refractivity contribution in [2.45, 2.75) is 70.6 Å². The molecule has 0 aliphatic carbocycles. The van der Waals surface area contributed by atoms with Crippen LogP contribution >= 0.6 is 15.9 Å². The smallest absolute Gasteiger partial charge is 0.169 e. The monoisotopic (exact) mass is 328 g/mol. The molecule has 1 atom stereocenters. The maximum atomic E-state index is 5.63. The number of rotatable bonds is 3. The Morgan fingerprint density at radius 2 is 1.84 bits per heavy atom. The van der Waals surface area contributed by atoms with Gasteiger partial charge in [0, 0.05) is 17.1 Å². The molecule has 2 heterocycles. The Morgan fingerprint density at radius 1 is 1.26 bits per heavy atom. The zero-order chi connectivity index (χ0) is 14.3. The largest absolute Gasteiger partial charge is 0.453 e.